The first kappa shape index (κ1) is 24.5. The minimum absolute atomic E-state index is 0.0779. The summed E-state index contributed by atoms with van der Waals surface area (Å²) < 4.78 is 5.96. The molecule has 1 fully saturated rings. The van der Waals surface area contributed by atoms with E-state index in [1.165, 1.54) is 4.90 Å². The van der Waals surface area contributed by atoms with E-state index >= 15 is 0 Å². The summed E-state index contributed by atoms with van der Waals surface area (Å²) in [6, 6.07) is 7.78. The number of carbonyl (C=O) groups excluding carboxylic acids is 2. The van der Waals surface area contributed by atoms with Gasteiger partial charge >= 0.3 is 5.91 Å². The van der Waals surface area contributed by atoms with Crippen LogP contribution in [0.1, 0.15) is 79.4 Å². The zero-order valence-corrected chi connectivity index (χ0v) is 20.5. The number of hydrogen-bond acceptors (Lipinski definition) is 4. The second-order valence-electron chi connectivity index (χ2n) is 8.01. The molecule has 174 valence electrons. The molecule has 1 aromatic carbocycles. The lowest BCUT2D eigenvalue weighted by molar-refractivity contribution is -0.112. The molecule has 1 unspecified atom stereocenters. The van der Waals surface area contributed by atoms with E-state index in [0.29, 0.717) is 36.9 Å². The van der Waals surface area contributed by atoms with Crippen molar-refractivity contribution < 1.29 is 14.3 Å². The van der Waals surface area contributed by atoms with Crippen LogP contribution in [0.15, 0.2) is 24.3 Å². The van der Waals surface area contributed by atoms with Gasteiger partial charge in [0, 0.05) is 30.8 Å². The summed E-state index contributed by atoms with van der Waals surface area (Å²) in [4.78, 5) is 33.8. The highest BCUT2D eigenvalue weighted by Gasteiger charge is 2.32. The minimum Gasteiger partial charge on any atom is -0.373 e. The molecule has 6 nitrogen and oxygen atoms in total. The first-order valence-corrected chi connectivity index (χ1v) is 11.7. The summed E-state index contributed by atoms with van der Waals surface area (Å²) >= 11 is 0. The number of anilines is 2. The van der Waals surface area contributed by atoms with E-state index in [4.69, 9.17) is 4.74 Å². The van der Waals surface area contributed by atoms with Crippen molar-refractivity contribution in [3.8, 4) is 11.8 Å². The van der Waals surface area contributed by atoms with E-state index in [1.807, 2.05) is 39.8 Å². The second kappa shape index (κ2) is 10.6. The van der Waals surface area contributed by atoms with E-state index in [2.05, 4.69) is 29.8 Å². The number of rotatable bonds is 4. The number of ether oxygens (including phenoxy) is 1. The van der Waals surface area contributed by atoms with Crippen molar-refractivity contribution in [1.29, 1.82) is 0 Å². The number of nitrogens with zero attached hydrogens (tertiary/aromatic N) is 3. The van der Waals surface area contributed by atoms with Crippen LogP contribution in [0, 0.1) is 25.7 Å². The molecule has 3 heterocycles. The van der Waals surface area contributed by atoms with Gasteiger partial charge in [0.2, 0.25) is 0 Å². The van der Waals surface area contributed by atoms with Crippen LogP contribution >= 0.6 is 0 Å². The molecule has 1 saturated heterocycles. The maximum Gasteiger partial charge on any atom is 0.308 e. The third-order valence-electron chi connectivity index (χ3n) is 6.02. The van der Waals surface area contributed by atoms with Crippen LogP contribution < -0.4 is 4.90 Å². The fourth-order valence-corrected chi connectivity index (χ4v) is 4.20. The van der Waals surface area contributed by atoms with Gasteiger partial charge in [-0.25, -0.2) is 4.98 Å². The third kappa shape index (κ3) is 4.79. The van der Waals surface area contributed by atoms with E-state index in [1.54, 1.807) is 17.9 Å². The lowest BCUT2D eigenvalue weighted by Crippen LogP contribution is -2.28. The van der Waals surface area contributed by atoms with Crippen LogP contribution in [0.5, 0.6) is 0 Å². The topological polar surface area (TPSA) is 62.7 Å². The summed E-state index contributed by atoms with van der Waals surface area (Å²) in [6.45, 7) is 13.5. The SMILES string of the molecule is CC.CC#CC(=O)N(c1ccc2c(n1)C(=O)N(CC)C2)c1cc(C)c(C)cc1C1CCCO1. The van der Waals surface area contributed by atoms with Gasteiger partial charge in [-0.2, -0.15) is 0 Å². The van der Waals surface area contributed by atoms with Crippen LogP contribution in [-0.2, 0) is 16.1 Å². The monoisotopic (exact) mass is 447 g/mol. The molecule has 1 atom stereocenters. The molecule has 0 aliphatic carbocycles. The van der Waals surface area contributed by atoms with Crippen molar-refractivity contribution >= 4 is 23.3 Å². The van der Waals surface area contributed by atoms with E-state index in [-0.39, 0.29) is 17.9 Å². The van der Waals surface area contributed by atoms with Crippen molar-refractivity contribution in [2.45, 2.75) is 67.0 Å². The number of pyridine rings is 1. The maximum atomic E-state index is 13.2. The standard InChI is InChI=1S/C25H27N3O3.C2H6/c1-5-8-23(29)28(22-11-10-18-15-27(6-2)25(30)24(18)26-22)20-14-17(4)16(3)13-19(20)21-9-7-12-31-21;1-2/h10-11,13-14,21H,6-7,9,12,15H2,1-4H3;1-2H3. The molecule has 4 rings (SSSR count). The quantitative estimate of drug-likeness (QED) is 0.602. The van der Waals surface area contributed by atoms with Crippen LogP contribution in [-0.4, -0.2) is 34.8 Å². The van der Waals surface area contributed by atoms with Gasteiger partial charge in [0.1, 0.15) is 11.5 Å². The van der Waals surface area contributed by atoms with Gasteiger partial charge in [0.05, 0.1) is 11.8 Å². The molecular weight excluding hydrogens is 414 g/mol. The van der Waals surface area contributed by atoms with Gasteiger partial charge in [-0.15, -0.1) is 0 Å². The van der Waals surface area contributed by atoms with Crippen molar-refractivity contribution in [1.82, 2.24) is 9.88 Å². The van der Waals surface area contributed by atoms with Gasteiger partial charge in [0.25, 0.3) is 5.91 Å². The van der Waals surface area contributed by atoms with Crippen molar-refractivity contribution in [2.75, 3.05) is 18.1 Å². The average molecular weight is 448 g/mol. The first-order valence-electron chi connectivity index (χ1n) is 11.7. The molecule has 2 aliphatic rings. The molecule has 1 aromatic heterocycles. The maximum absolute atomic E-state index is 13.2. The number of amides is 2. The van der Waals surface area contributed by atoms with Crippen LogP contribution in [0.25, 0.3) is 0 Å². The van der Waals surface area contributed by atoms with Gasteiger partial charge in [0.15, 0.2) is 0 Å². The molecule has 6 heteroatoms. The summed E-state index contributed by atoms with van der Waals surface area (Å²) in [5.41, 5.74) is 5.16. The highest BCUT2D eigenvalue weighted by molar-refractivity contribution is 6.11. The van der Waals surface area contributed by atoms with Gasteiger partial charge in [-0.1, -0.05) is 31.9 Å². The zero-order chi connectivity index (χ0) is 24.1. The Morgan fingerprint density at radius 2 is 1.97 bits per heavy atom. The van der Waals surface area contributed by atoms with Gasteiger partial charge in [-0.3, -0.25) is 14.5 Å². The van der Waals surface area contributed by atoms with E-state index < -0.39 is 0 Å². The Balaban J connectivity index is 0.00000149. The molecule has 0 radical (unpaired) electrons. The van der Waals surface area contributed by atoms with Crippen LogP contribution in [0.4, 0.5) is 11.5 Å². The number of aryl methyl sites for hydroxylation is 2. The molecule has 2 aliphatic heterocycles. The fraction of sp³-hybridized carbons (Fsp3) is 0.444. The third-order valence-corrected chi connectivity index (χ3v) is 6.02. The van der Waals surface area contributed by atoms with E-state index in [9.17, 15) is 9.59 Å². The minimum atomic E-state index is -0.379. The number of hydrogen-bond donors (Lipinski definition) is 0. The van der Waals surface area contributed by atoms with Gasteiger partial charge < -0.3 is 9.64 Å². The Morgan fingerprint density at radius 3 is 2.61 bits per heavy atom. The number of aromatic nitrogens is 1. The molecule has 0 bridgehead atoms. The van der Waals surface area contributed by atoms with Crippen molar-refractivity contribution in [3.05, 3.63) is 52.2 Å². The van der Waals surface area contributed by atoms with Crippen molar-refractivity contribution in [3.63, 3.8) is 0 Å². The summed E-state index contributed by atoms with van der Waals surface area (Å²) in [6.07, 6.45) is 1.81. The van der Waals surface area contributed by atoms with E-state index in [0.717, 1.165) is 35.1 Å². The Morgan fingerprint density at radius 1 is 1.24 bits per heavy atom. The molecule has 2 aromatic rings. The predicted octanol–water partition coefficient (Wildman–Crippen LogP) is 5.24. The van der Waals surface area contributed by atoms with Crippen LogP contribution in [0.3, 0.4) is 0 Å². The predicted molar refractivity (Wildman–Crippen MR) is 130 cm³/mol. The summed E-state index contributed by atoms with van der Waals surface area (Å²) in [5, 5.41) is 0. The molecule has 0 spiro atoms. The number of carbonyl (C=O) groups is 2. The fourth-order valence-electron chi connectivity index (χ4n) is 4.20. The van der Waals surface area contributed by atoms with Crippen LogP contribution in [0.2, 0.25) is 0 Å². The molecule has 0 saturated carbocycles. The highest BCUT2D eigenvalue weighted by atomic mass is 16.5. The average Bonchev–Trinajstić information content (AvgIpc) is 3.46. The molecule has 0 N–H and O–H groups in total. The molecule has 2 amide bonds. The lowest BCUT2D eigenvalue weighted by atomic mass is 9.97. The lowest BCUT2D eigenvalue weighted by Gasteiger charge is -2.26. The molecule has 33 heavy (non-hydrogen) atoms. The normalized spacial score (nSPS) is 16.5. The Kier molecular flexibility index (Phi) is 7.88. The summed E-state index contributed by atoms with van der Waals surface area (Å²) in [5.74, 6) is 5.28. The first-order chi connectivity index (χ1) is 15.9. The Bertz CT molecular complexity index is 1110. The largest absolute Gasteiger partial charge is 0.373 e. The number of benzene rings is 1. The second-order valence-corrected chi connectivity index (χ2v) is 8.01. The highest BCUT2D eigenvalue weighted by Crippen LogP contribution is 2.39. The molecular formula is C27H33N3O3. The Labute approximate surface area is 196 Å². The summed E-state index contributed by atoms with van der Waals surface area (Å²) in [7, 11) is 0. The Hall–Kier alpha value is -3.17. The number of fused-ring (bicyclic) bond motifs is 1. The zero-order valence-electron chi connectivity index (χ0n) is 20.5. The van der Waals surface area contributed by atoms with Crippen molar-refractivity contribution in [2.24, 2.45) is 0 Å². The smallest absolute Gasteiger partial charge is 0.308 e. The van der Waals surface area contributed by atoms with Gasteiger partial charge in [-0.05, 0) is 69.7 Å².